The van der Waals surface area contributed by atoms with E-state index >= 15 is 0 Å². The van der Waals surface area contributed by atoms with Crippen molar-refractivity contribution in [2.75, 3.05) is 52.5 Å². The van der Waals surface area contributed by atoms with E-state index in [9.17, 15) is 15.2 Å². The van der Waals surface area contributed by atoms with E-state index in [1.54, 1.807) is 12.1 Å². The molecule has 0 aliphatic carbocycles. The van der Waals surface area contributed by atoms with E-state index in [1.807, 2.05) is 0 Å². The van der Waals surface area contributed by atoms with Crippen molar-refractivity contribution in [3.05, 3.63) is 39.9 Å². The van der Waals surface area contributed by atoms with Crippen molar-refractivity contribution in [3.8, 4) is 0 Å². The second-order valence-corrected chi connectivity index (χ2v) is 7.52. The first kappa shape index (κ1) is 24.8. The highest BCUT2D eigenvalue weighted by Crippen LogP contribution is 2.14. The van der Waals surface area contributed by atoms with Gasteiger partial charge in [-0.25, -0.2) is 4.99 Å². The molecule has 1 aromatic carbocycles. The minimum atomic E-state index is -0.395. The number of ether oxygens (including phenoxy) is 1. The first-order chi connectivity index (χ1) is 14.1. The number of aliphatic imine (C=N–C) groups is 1. The Morgan fingerprint density at radius 1 is 1.20 bits per heavy atom. The molecule has 168 valence electrons. The van der Waals surface area contributed by atoms with Crippen LogP contribution in [0.25, 0.3) is 0 Å². The van der Waals surface area contributed by atoms with Gasteiger partial charge in [0.05, 0.1) is 30.8 Å². The minimum Gasteiger partial charge on any atom is -0.393 e. The van der Waals surface area contributed by atoms with Gasteiger partial charge in [-0.1, -0.05) is 12.1 Å². The number of guanidine groups is 1. The molecule has 2 heterocycles. The minimum absolute atomic E-state index is 0. The number of nitrogens with one attached hydrogen (secondary N) is 1. The summed E-state index contributed by atoms with van der Waals surface area (Å²) in [6.07, 6.45) is 2.27. The number of hydrogen-bond acceptors (Lipinski definition) is 6. The second-order valence-electron chi connectivity index (χ2n) is 7.52. The summed E-state index contributed by atoms with van der Waals surface area (Å²) in [6.45, 7) is 7.48. The molecule has 0 radical (unpaired) electrons. The van der Waals surface area contributed by atoms with Crippen LogP contribution >= 0.6 is 24.0 Å². The SMILES string of the molecule is I.O=[N+]([O-])c1ccc(CN=C(NCCCN2CCOCC2)N2CCC(O)CC2)cc1. The zero-order valence-electron chi connectivity index (χ0n) is 17.2. The van der Waals surface area contributed by atoms with Gasteiger partial charge in [0, 0.05) is 44.9 Å². The molecule has 9 nitrogen and oxygen atoms in total. The number of hydrogen-bond donors (Lipinski definition) is 2. The number of morpholine rings is 1. The standard InChI is InChI=1S/C20H31N5O4.HI/c26-19-6-10-24(11-7-19)20(21-8-1-9-23-12-14-29-15-13-23)22-16-17-2-4-18(5-3-17)25(27)28;/h2-5,19,26H,1,6-16H2,(H,21,22);1H. The number of nitro groups is 1. The van der Waals surface area contributed by atoms with E-state index in [0.29, 0.717) is 6.54 Å². The number of benzene rings is 1. The van der Waals surface area contributed by atoms with Crippen molar-refractivity contribution in [2.45, 2.75) is 31.9 Å². The Balaban J connectivity index is 0.00000320. The highest BCUT2D eigenvalue weighted by atomic mass is 127. The highest BCUT2D eigenvalue weighted by Gasteiger charge is 2.20. The first-order valence-electron chi connectivity index (χ1n) is 10.4. The Hall–Kier alpha value is -1.50. The molecular weight excluding hydrogens is 501 g/mol. The third kappa shape index (κ3) is 7.97. The van der Waals surface area contributed by atoms with Gasteiger partial charge < -0.3 is 20.1 Å². The molecule has 2 aliphatic rings. The lowest BCUT2D eigenvalue weighted by molar-refractivity contribution is -0.384. The fourth-order valence-corrected chi connectivity index (χ4v) is 3.56. The third-order valence-corrected chi connectivity index (χ3v) is 5.36. The van der Waals surface area contributed by atoms with Crippen molar-refractivity contribution < 1.29 is 14.8 Å². The van der Waals surface area contributed by atoms with Gasteiger partial charge in [-0.05, 0) is 31.4 Å². The molecule has 0 bridgehead atoms. The molecule has 0 atom stereocenters. The molecule has 3 rings (SSSR count). The van der Waals surface area contributed by atoms with Gasteiger partial charge in [0.2, 0.25) is 0 Å². The summed E-state index contributed by atoms with van der Waals surface area (Å²) in [5.41, 5.74) is 1.02. The number of aliphatic hydroxyl groups excluding tert-OH is 1. The molecule has 1 aromatic rings. The molecule has 0 unspecified atom stereocenters. The van der Waals surface area contributed by atoms with Crippen LogP contribution < -0.4 is 5.32 Å². The molecule has 2 fully saturated rings. The maximum atomic E-state index is 10.8. The monoisotopic (exact) mass is 533 g/mol. The average Bonchev–Trinajstić information content (AvgIpc) is 2.75. The Bertz CT molecular complexity index is 674. The Morgan fingerprint density at radius 3 is 2.50 bits per heavy atom. The van der Waals surface area contributed by atoms with Crippen LogP contribution in [-0.2, 0) is 11.3 Å². The number of likely N-dealkylation sites (tertiary alicyclic amines) is 1. The Labute approximate surface area is 194 Å². The molecule has 30 heavy (non-hydrogen) atoms. The summed E-state index contributed by atoms with van der Waals surface area (Å²) in [5.74, 6) is 0.845. The fraction of sp³-hybridized carbons (Fsp3) is 0.650. The van der Waals surface area contributed by atoms with E-state index in [4.69, 9.17) is 9.73 Å². The largest absolute Gasteiger partial charge is 0.393 e. The van der Waals surface area contributed by atoms with Crippen LogP contribution in [0.1, 0.15) is 24.8 Å². The molecule has 2 saturated heterocycles. The smallest absolute Gasteiger partial charge is 0.269 e. The van der Waals surface area contributed by atoms with Crippen molar-refractivity contribution in [3.63, 3.8) is 0 Å². The summed E-state index contributed by atoms with van der Waals surface area (Å²) < 4.78 is 5.39. The molecule has 2 N–H and O–H groups in total. The number of non-ortho nitro benzene ring substituents is 1. The van der Waals surface area contributed by atoms with Gasteiger partial charge in [-0.3, -0.25) is 15.0 Å². The molecular formula is C20H32IN5O4. The number of rotatable bonds is 7. The molecule has 0 spiro atoms. The van der Waals surface area contributed by atoms with Crippen LogP contribution in [0.4, 0.5) is 5.69 Å². The zero-order valence-corrected chi connectivity index (χ0v) is 19.6. The van der Waals surface area contributed by atoms with E-state index < -0.39 is 4.92 Å². The first-order valence-corrected chi connectivity index (χ1v) is 10.4. The molecule has 10 heteroatoms. The lowest BCUT2D eigenvalue weighted by Gasteiger charge is -2.33. The van der Waals surface area contributed by atoms with Crippen molar-refractivity contribution in [1.82, 2.24) is 15.1 Å². The van der Waals surface area contributed by atoms with Gasteiger partial charge in [-0.2, -0.15) is 0 Å². The van der Waals surface area contributed by atoms with Gasteiger partial charge in [-0.15, -0.1) is 24.0 Å². The third-order valence-electron chi connectivity index (χ3n) is 5.36. The van der Waals surface area contributed by atoms with Gasteiger partial charge >= 0.3 is 0 Å². The summed E-state index contributed by atoms with van der Waals surface area (Å²) in [7, 11) is 0. The van der Waals surface area contributed by atoms with Gasteiger partial charge in [0.1, 0.15) is 0 Å². The predicted molar refractivity (Wildman–Crippen MR) is 126 cm³/mol. The lowest BCUT2D eigenvalue weighted by Crippen LogP contribution is -2.47. The number of nitro benzene ring substituents is 1. The van der Waals surface area contributed by atoms with Crippen LogP contribution in [0.3, 0.4) is 0 Å². The predicted octanol–water partition coefficient (Wildman–Crippen LogP) is 1.84. The summed E-state index contributed by atoms with van der Waals surface area (Å²) in [6, 6.07) is 6.52. The molecule has 2 aliphatic heterocycles. The Morgan fingerprint density at radius 2 is 1.87 bits per heavy atom. The van der Waals surface area contributed by atoms with Crippen molar-refractivity contribution in [1.29, 1.82) is 0 Å². The lowest BCUT2D eigenvalue weighted by atomic mass is 10.1. The fourth-order valence-electron chi connectivity index (χ4n) is 3.56. The van der Waals surface area contributed by atoms with Crippen LogP contribution in [-0.4, -0.2) is 84.4 Å². The summed E-state index contributed by atoms with van der Waals surface area (Å²) in [5, 5.41) is 24.1. The van der Waals surface area contributed by atoms with Crippen molar-refractivity contribution >= 4 is 35.6 Å². The van der Waals surface area contributed by atoms with Crippen LogP contribution in [0.15, 0.2) is 29.3 Å². The van der Waals surface area contributed by atoms with Crippen molar-refractivity contribution in [2.24, 2.45) is 4.99 Å². The van der Waals surface area contributed by atoms with E-state index in [0.717, 1.165) is 83.3 Å². The second kappa shape index (κ2) is 13.0. The number of halogens is 1. The highest BCUT2D eigenvalue weighted by molar-refractivity contribution is 14.0. The van der Waals surface area contributed by atoms with Gasteiger partial charge in [0.25, 0.3) is 5.69 Å². The summed E-state index contributed by atoms with van der Waals surface area (Å²) >= 11 is 0. The van der Waals surface area contributed by atoms with Crippen LogP contribution in [0.5, 0.6) is 0 Å². The Kier molecular flexibility index (Phi) is 10.8. The number of aliphatic hydroxyl groups is 1. The quantitative estimate of drug-likeness (QED) is 0.138. The van der Waals surface area contributed by atoms with E-state index in [1.165, 1.54) is 12.1 Å². The topological polar surface area (TPSA) is 103 Å². The van der Waals surface area contributed by atoms with Gasteiger partial charge in [0.15, 0.2) is 5.96 Å². The number of nitrogens with zero attached hydrogens (tertiary/aromatic N) is 4. The van der Waals surface area contributed by atoms with E-state index in [2.05, 4.69) is 15.1 Å². The summed E-state index contributed by atoms with van der Waals surface area (Å²) in [4.78, 5) is 19.8. The molecule has 0 saturated carbocycles. The normalized spacial score (nSPS) is 18.7. The molecule has 0 amide bonds. The van der Waals surface area contributed by atoms with Crippen LogP contribution in [0, 0.1) is 10.1 Å². The average molecular weight is 533 g/mol. The maximum absolute atomic E-state index is 10.8. The van der Waals surface area contributed by atoms with E-state index in [-0.39, 0.29) is 35.8 Å². The van der Waals surface area contributed by atoms with Crippen LogP contribution in [0.2, 0.25) is 0 Å². The zero-order chi connectivity index (χ0) is 20.5. The molecule has 0 aromatic heterocycles. The maximum Gasteiger partial charge on any atom is 0.269 e. The number of piperidine rings is 1.